The minimum Gasteiger partial charge on any atom is -0.379 e. The Balaban J connectivity index is 1.68. The number of likely N-dealkylation sites (tertiary alicyclic amines) is 1. The highest BCUT2D eigenvalue weighted by atomic mass is 16.5. The summed E-state index contributed by atoms with van der Waals surface area (Å²) < 4.78 is 5.53. The minimum atomic E-state index is 0.0798. The van der Waals surface area contributed by atoms with Crippen molar-refractivity contribution in [3.05, 3.63) is 0 Å². The molecule has 0 aromatic heterocycles. The van der Waals surface area contributed by atoms with E-state index in [4.69, 9.17) is 4.74 Å². The first-order valence-electron chi connectivity index (χ1n) is 9.61. The van der Waals surface area contributed by atoms with Crippen LogP contribution in [0.25, 0.3) is 0 Å². The maximum absolute atomic E-state index is 12.3. The van der Waals surface area contributed by atoms with E-state index in [1.807, 2.05) is 0 Å². The molecule has 5 heteroatoms. The summed E-state index contributed by atoms with van der Waals surface area (Å²) in [6, 6.07) is 1.58. The van der Waals surface area contributed by atoms with Gasteiger partial charge in [0.2, 0.25) is 5.91 Å². The molecule has 24 heavy (non-hydrogen) atoms. The van der Waals surface area contributed by atoms with Crippen LogP contribution in [0.4, 0.5) is 0 Å². The van der Waals surface area contributed by atoms with Crippen LogP contribution in [0.1, 0.15) is 53.9 Å². The van der Waals surface area contributed by atoms with E-state index in [0.717, 1.165) is 52.2 Å². The molecule has 5 nitrogen and oxygen atoms in total. The van der Waals surface area contributed by atoms with Crippen LogP contribution in [0, 0.1) is 5.41 Å². The summed E-state index contributed by atoms with van der Waals surface area (Å²) >= 11 is 0. The van der Waals surface area contributed by atoms with E-state index in [2.05, 4.69) is 49.7 Å². The lowest BCUT2D eigenvalue weighted by Gasteiger charge is -2.39. The molecule has 0 spiro atoms. The van der Waals surface area contributed by atoms with E-state index in [1.165, 1.54) is 0 Å². The molecule has 1 N–H and O–H groups in total. The highest BCUT2D eigenvalue weighted by Crippen LogP contribution is 2.21. The molecule has 0 aromatic rings. The van der Waals surface area contributed by atoms with Gasteiger partial charge in [-0.15, -0.1) is 0 Å². The third-order valence-corrected chi connectivity index (χ3v) is 5.22. The van der Waals surface area contributed by atoms with Crippen molar-refractivity contribution in [2.45, 2.75) is 72.0 Å². The topological polar surface area (TPSA) is 44.8 Å². The van der Waals surface area contributed by atoms with Gasteiger partial charge < -0.3 is 15.0 Å². The molecule has 1 amide bonds. The monoisotopic (exact) mass is 339 g/mol. The van der Waals surface area contributed by atoms with Crippen LogP contribution in [0.2, 0.25) is 0 Å². The Morgan fingerprint density at radius 1 is 1.25 bits per heavy atom. The second-order valence-electron chi connectivity index (χ2n) is 8.81. The smallest absolute Gasteiger partial charge is 0.223 e. The lowest BCUT2D eigenvalue weighted by atomic mass is 9.91. The predicted molar refractivity (Wildman–Crippen MR) is 98.1 cm³/mol. The Bertz CT molecular complexity index is 400. The number of carbonyl (C=O) groups excluding carboxylic acids is 1. The molecular formula is C19H37N3O2. The third kappa shape index (κ3) is 6.01. The number of ether oxygens (including phenoxy) is 1. The van der Waals surface area contributed by atoms with Crippen LogP contribution in [-0.2, 0) is 9.53 Å². The van der Waals surface area contributed by atoms with Crippen LogP contribution >= 0.6 is 0 Å². The molecule has 0 aromatic carbocycles. The summed E-state index contributed by atoms with van der Waals surface area (Å²) in [7, 11) is 0. The quantitative estimate of drug-likeness (QED) is 0.833. The van der Waals surface area contributed by atoms with Crippen molar-refractivity contribution in [1.29, 1.82) is 0 Å². The predicted octanol–water partition coefficient (Wildman–Crippen LogP) is 2.11. The SMILES string of the molecule is C[C@H](CNC1CCN(C(=O)CC(C)(C)C)CC1)N1CCOC[C@H]1C. The first-order valence-corrected chi connectivity index (χ1v) is 9.61. The molecule has 0 aliphatic carbocycles. The number of carbonyl (C=O) groups is 1. The van der Waals surface area contributed by atoms with E-state index in [0.29, 0.717) is 30.5 Å². The van der Waals surface area contributed by atoms with Gasteiger partial charge in [-0.1, -0.05) is 20.8 Å². The Labute approximate surface area is 148 Å². The maximum atomic E-state index is 12.3. The van der Waals surface area contributed by atoms with Crippen LogP contribution in [0.3, 0.4) is 0 Å². The molecule has 0 saturated carbocycles. The Morgan fingerprint density at radius 2 is 1.92 bits per heavy atom. The van der Waals surface area contributed by atoms with Gasteiger partial charge in [0, 0.05) is 50.7 Å². The van der Waals surface area contributed by atoms with Crippen molar-refractivity contribution in [3.8, 4) is 0 Å². The highest BCUT2D eigenvalue weighted by molar-refractivity contribution is 5.76. The molecular weight excluding hydrogens is 302 g/mol. The average Bonchev–Trinajstić information content (AvgIpc) is 2.52. The van der Waals surface area contributed by atoms with Crippen molar-refractivity contribution < 1.29 is 9.53 Å². The number of rotatable bonds is 5. The van der Waals surface area contributed by atoms with Gasteiger partial charge in [0.25, 0.3) is 0 Å². The first-order chi connectivity index (χ1) is 11.3. The molecule has 2 rings (SSSR count). The fraction of sp³-hybridized carbons (Fsp3) is 0.947. The average molecular weight is 340 g/mol. The van der Waals surface area contributed by atoms with E-state index < -0.39 is 0 Å². The normalized spacial score (nSPS) is 25.7. The standard InChI is InChI=1S/C19H37N3O2/c1-15(22-10-11-24-14-16(22)2)13-20-17-6-8-21(9-7-17)18(23)12-19(3,4)5/h15-17,20H,6-14H2,1-5H3/t15-,16-/m1/s1. The summed E-state index contributed by atoms with van der Waals surface area (Å²) in [5.74, 6) is 0.316. The molecule has 2 saturated heterocycles. The van der Waals surface area contributed by atoms with Gasteiger partial charge in [-0.2, -0.15) is 0 Å². The Kier molecular flexibility index (Phi) is 7.08. The Hall–Kier alpha value is -0.650. The van der Waals surface area contributed by atoms with Crippen molar-refractivity contribution in [1.82, 2.24) is 15.1 Å². The van der Waals surface area contributed by atoms with Gasteiger partial charge in [-0.05, 0) is 32.1 Å². The van der Waals surface area contributed by atoms with Crippen molar-refractivity contribution in [2.24, 2.45) is 5.41 Å². The van der Waals surface area contributed by atoms with E-state index >= 15 is 0 Å². The minimum absolute atomic E-state index is 0.0798. The van der Waals surface area contributed by atoms with Crippen molar-refractivity contribution in [2.75, 3.05) is 39.4 Å². The van der Waals surface area contributed by atoms with Crippen LogP contribution in [0.5, 0.6) is 0 Å². The molecule has 140 valence electrons. The fourth-order valence-corrected chi connectivity index (χ4v) is 3.75. The van der Waals surface area contributed by atoms with Crippen LogP contribution in [0.15, 0.2) is 0 Å². The van der Waals surface area contributed by atoms with Gasteiger partial charge in [-0.25, -0.2) is 0 Å². The molecule has 2 aliphatic rings. The molecule has 0 bridgehead atoms. The second kappa shape index (κ2) is 8.63. The second-order valence-corrected chi connectivity index (χ2v) is 8.81. The van der Waals surface area contributed by atoms with E-state index in [9.17, 15) is 4.79 Å². The molecule has 2 aliphatic heterocycles. The van der Waals surface area contributed by atoms with Crippen LogP contribution in [-0.4, -0.2) is 73.2 Å². The van der Waals surface area contributed by atoms with Gasteiger partial charge >= 0.3 is 0 Å². The molecule has 0 radical (unpaired) electrons. The number of amides is 1. The Morgan fingerprint density at radius 3 is 2.50 bits per heavy atom. The largest absolute Gasteiger partial charge is 0.379 e. The van der Waals surface area contributed by atoms with E-state index in [1.54, 1.807) is 0 Å². The van der Waals surface area contributed by atoms with Gasteiger partial charge in [0.15, 0.2) is 0 Å². The molecule has 2 heterocycles. The summed E-state index contributed by atoms with van der Waals surface area (Å²) in [6.07, 6.45) is 2.79. The van der Waals surface area contributed by atoms with Gasteiger partial charge in [0.05, 0.1) is 13.2 Å². The summed E-state index contributed by atoms with van der Waals surface area (Å²) in [5.41, 5.74) is 0.0798. The lowest BCUT2D eigenvalue weighted by molar-refractivity contribution is -0.134. The number of piperidine rings is 1. The first kappa shape index (κ1) is 19.7. The zero-order valence-corrected chi connectivity index (χ0v) is 16.3. The van der Waals surface area contributed by atoms with Crippen molar-refractivity contribution >= 4 is 5.91 Å². The fourth-order valence-electron chi connectivity index (χ4n) is 3.75. The zero-order chi connectivity index (χ0) is 17.7. The number of nitrogens with one attached hydrogen (secondary N) is 1. The number of nitrogens with zero attached hydrogens (tertiary/aromatic N) is 2. The molecule has 2 fully saturated rings. The van der Waals surface area contributed by atoms with E-state index in [-0.39, 0.29) is 5.41 Å². The van der Waals surface area contributed by atoms with Gasteiger partial charge in [-0.3, -0.25) is 9.69 Å². The molecule has 2 atom stereocenters. The number of morpholine rings is 1. The van der Waals surface area contributed by atoms with Crippen LogP contribution < -0.4 is 5.32 Å². The highest BCUT2D eigenvalue weighted by Gasteiger charge is 2.27. The number of hydrogen-bond acceptors (Lipinski definition) is 4. The number of hydrogen-bond donors (Lipinski definition) is 1. The van der Waals surface area contributed by atoms with Crippen molar-refractivity contribution in [3.63, 3.8) is 0 Å². The molecule has 0 unspecified atom stereocenters. The maximum Gasteiger partial charge on any atom is 0.223 e. The van der Waals surface area contributed by atoms with Gasteiger partial charge in [0.1, 0.15) is 0 Å². The summed E-state index contributed by atoms with van der Waals surface area (Å²) in [6.45, 7) is 16.5. The third-order valence-electron chi connectivity index (χ3n) is 5.22. The summed E-state index contributed by atoms with van der Waals surface area (Å²) in [5, 5.41) is 3.73. The summed E-state index contributed by atoms with van der Waals surface area (Å²) in [4.78, 5) is 16.9. The lowest BCUT2D eigenvalue weighted by Crippen LogP contribution is -2.53. The zero-order valence-electron chi connectivity index (χ0n) is 16.3.